The highest BCUT2D eigenvalue weighted by Gasteiger charge is 2.39. The predicted octanol–water partition coefficient (Wildman–Crippen LogP) is 8.70. The lowest BCUT2D eigenvalue weighted by Crippen LogP contribution is -2.26. The topological polar surface area (TPSA) is 85.2 Å². The monoisotopic (exact) mass is 571 g/mol. The summed E-state index contributed by atoms with van der Waals surface area (Å²) < 4.78 is 73.7. The first kappa shape index (κ1) is 32.8. The Bertz CT molecular complexity index is 1240. The summed E-state index contributed by atoms with van der Waals surface area (Å²) in [6, 6.07) is 8.57. The summed E-state index contributed by atoms with van der Waals surface area (Å²) in [5.74, 6) is -0.348. The molecular weight excluding hydrogens is 531 g/mol. The summed E-state index contributed by atoms with van der Waals surface area (Å²) in [5, 5.41) is 12.6. The molecule has 0 spiro atoms. The number of nitrogens with zero attached hydrogens (tertiary/aromatic N) is 1. The van der Waals surface area contributed by atoms with Gasteiger partial charge in [0, 0.05) is 5.56 Å². The van der Waals surface area contributed by atoms with Crippen molar-refractivity contribution in [3.63, 3.8) is 0 Å². The fourth-order valence-electron chi connectivity index (χ4n) is 4.23. The first-order valence-corrected chi connectivity index (χ1v) is 14.4. The molecule has 0 aliphatic carbocycles. The molecule has 10 heteroatoms. The lowest BCUT2D eigenvalue weighted by atomic mass is 9.80. The van der Waals surface area contributed by atoms with Crippen molar-refractivity contribution in [2.24, 2.45) is 10.6 Å². The van der Waals surface area contributed by atoms with Crippen molar-refractivity contribution < 1.29 is 36.0 Å². The van der Waals surface area contributed by atoms with E-state index in [1.165, 1.54) is 12.1 Å². The minimum absolute atomic E-state index is 0.120. The molecule has 2 rings (SSSR count). The molecule has 6 nitrogen and oxygen atoms in total. The minimum Gasteiger partial charge on any atom is -0.264 e. The molecule has 0 saturated carbocycles. The van der Waals surface area contributed by atoms with Crippen LogP contribution in [0.4, 0.5) is 13.2 Å². The van der Waals surface area contributed by atoms with Crippen molar-refractivity contribution in [1.82, 2.24) is 0 Å². The molecule has 0 aliphatic rings. The second kappa shape index (κ2) is 12.4. The average molecular weight is 572 g/mol. The molecule has 0 radical (unpaired) electrons. The van der Waals surface area contributed by atoms with Crippen LogP contribution >= 0.6 is 0 Å². The van der Waals surface area contributed by atoms with E-state index >= 15 is 0 Å². The second-order valence-electron chi connectivity index (χ2n) is 11.4. The van der Waals surface area contributed by atoms with Crippen LogP contribution in [-0.4, -0.2) is 25.6 Å². The fourth-order valence-corrected chi connectivity index (χ4v) is 5.64. The molecule has 0 amide bonds. The molecular formula is C29H40F3NO5S. The largest absolute Gasteiger partial charge is 0.437 e. The van der Waals surface area contributed by atoms with Crippen LogP contribution in [0.5, 0.6) is 0 Å². The maximum absolute atomic E-state index is 14.0. The van der Waals surface area contributed by atoms with Crippen molar-refractivity contribution >= 4 is 15.8 Å². The summed E-state index contributed by atoms with van der Waals surface area (Å²) in [6.07, 6.45) is -5.15. The third-order valence-electron chi connectivity index (χ3n) is 7.04. The lowest BCUT2D eigenvalue weighted by molar-refractivity contribution is -0.305. The van der Waals surface area contributed by atoms with E-state index in [0.717, 1.165) is 17.7 Å². The fraction of sp³-hybridized carbons (Fsp3) is 0.552. The third-order valence-corrected chi connectivity index (χ3v) is 8.28. The first-order valence-electron chi connectivity index (χ1n) is 13.0. The minimum atomic E-state index is -5.00. The van der Waals surface area contributed by atoms with Gasteiger partial charge in [-0.2, -0.15) is 21.6 Å². The van der Waals surface area contributed by atoms with E-state index in [4.69, 9.17) is 4.28 Å². The Balaban J connectivity index is 2.62. The smallest absolute Gasteiger partial charge is 0.264 e. The van der Waals surface area contributed by atoms with Crippen LogP contribution in [0.25, 0.3) is 0 Å². The van der Waals surface area contributed by atoms with Crippen molar-refractivity contribution in [3.8, 4) is 0 Å². The molecule has 0 saturated heterocycles. The zero-order valence-corrected chi connectivity index (χ0v) is 24.9. The second-order valence-corrected chi connectivity index (χ2v) is 12.9. The van der Waals surface area contributed by atoms with E-state index in [-0.39, 0.29) is 22.6 Å². The summed E-state index contributed by atoms with van der Waals surface area (Å²) in [6.45, 7) is 16.8. The van der Waals surface area contributed by atoms with E-state index < -0.39 is 39.1 Å². The Labute approximate surface area is 230 Å². The van der Waals surface area contributed by atoms with Gasteiger partial charge in [0.05, 0.1) is 0 Å². The van der Waals surface area contributed by atoms with E-state index in [9.17, 15) is 26.8 Å². The van der Waals surface area contributed by atoms with Crippen LogP contribution in [0.3, 0.4) is 0 Å². The van der Waals surface area contributed by atoms with Crippen molar-refractivity contribution in [2.75, 3.05) is 0 Å². The van der Waals surface area contributed by atoms with Gasteiger partial charge in [-0.3, -0.25) is 9.54 Å². The number of alkyl halides is 3. The molecule has 2 aromatic rings. The molecule has 218 valence electrons. The maximum atomic E-state index is 14.0. The number of hydrogen-bond acceptors (Lipinski definition) is 6. The summed E-state index contributed by atoms with van der Waals surface area (Å²) in [4.78, 5) is 4.48. The zero-order valence-electron chi connectivity index (χ0n) is 24.1. The van der Waals surface area contributed by atoms with Gasteiger partial charge in [-0.15, -0.1) is 0 Å². The van der Waals surface area contributed by atoms with Crippen LogP contribution in [0.15, 0.2) is 46.4 Å². The Hall–Kier alpha value is -2.43. The van der Waals surface area contributed by atoms with Gasteiger partial charge in [-0.05, 0) is 51.8 Å². The molecule has 0 aliphatic heterocycles. The molecule has 1 atom stereocenters. The molecule has 0 heterocycles. The number of rotatable bonds is 11. The average Bonchev–Trinajstić information content (AvgIpc) is 2.83. The van der Waals surface area contributed by atoms with Gasteiger partial charge >= 0.3 is 16.3 Å². The summed E-state index contributed by atoms with van der Waals surface area (Å²) >= 11 is 0. The highest BCUT2D eigenvalue weighted by molar-refractivity contribution is 7.86. The Morgan fingerprint density at radius 2 is 1.38 bits per heavy atom. The SMILES string of the molecule is CCC(C)(C)C(OO)c1ccc(/C(=N\OS(=O)(=O)c2c(C(C)C)cc(C(C)C)cc2C(C)C)C(F)(F)F)cc1. The van der Waals surface area contributed by atoms with Gasteiger partial charge in [0.1, 0.15) is 11.0 Å². The van der Waals surface area contributed by atoms with E-state index in [0.29, 0.717) is 23.1 Å². The maximum Gasteiger partial charge on any atom is 0.437 e. The summed E-state index contributed by atoms with van der Waals surface area (Å²) in [5.41, 5.74) is -0.0745. The molecule has 0 bridgehead atoms. The van der Waals surface area contributed by atoms with Crippen molar-refractivity contribution in [2.45, 2.75) is 104 Å². The molecule has 0 fully saturated rings. The molecule has 0 aromatic heterocycles. The number of benzene rings is 2. The Morgan fingerprint density at radius 3 is 1.74 bits per heavy atom. The molecule has 2 aromatic carbocycles. The van der Waals surface area contributed by atoms with Gasteiger partial charge in [-0.1, -0.05) is 104 Å². The van der Waals surface area contributed by atoms with E-state index in [2.05, 4.69) is 10.0 Å². The number of halogens is 3. The molecule has 1 unspecified atom stereocenters. The standard InChI is InChI=1S/C29H40F3NO5S/c1-10-28(8,9)27(37-34)21-13-11-20(12-14-21)26(29(30,31)32)33-38-39(35,36)25-23(18(4)5)15-22(17(2)3)16-24(25)19(6)7/h11-19,27,34H,10H2,1-9H3/b33-26+. The highest BCUT2D eigenvalue weighted by Crippen LogP contribution is 2.39. The van der Waals surface area contributed by atoms with Crippen LogP contribution in [-0.2, 0) is 19.3 Å². The van der Waals surface area contributed by atoms with Gasteiger partial charge in [0.25, 0.3) is 0 Å². The first-order chi connectivity index (χ1) is 17.9. The normalized spacial score (nSPS) is 14.4. The third kappa shape index (κ3) is 7.61. The van der Waals surface area contributed by atoms with Crippen molar-refractivity contribution in [3.05, 3.63) is 64.2 Å². The van der Waals surface area contributed by atoms with Crippen molar-refractivity contribution in [1.29, 1.82) is 0 Å². The van der Waals surface area contributed by atoms with Gasteiger partial charge in [0.15, 0.2) is 5.71 Å². The van der Waals surface area contributed by atoms with E-state index in [1.54, 1.807) is 12.1 Å². The predicted molar refractivity (Wildman–Crippen MR) is 147 cm³/mol. The highest BCUT2D eigenvalue weighted by atomic mass is 32.2. The number of hydrogen-bond donors (Lipinski definition) is 1. The van der Waals surface area contributed by atoms with Crippen LogP contribution in [0.2, 0.25) is 0 Å². The van der Waals surface area contributed by atoms with Crippen LogP contribution < -0.4 is 0 Å². The lowest BCUT2D eigenvalue weighted by Gasteiger charge is -2.31. The molecule has 39 heavy (non-hydrogen) atoms. The van der Waals surface area contributed by atoms with E-state index in [1.807, 2.05) is 62.3 Å². The Kier molecular flexibility index (Phi) is 10.4. The zero-order chi connectivity index (χ0) is 29.9. The van der Waals surface area contributed by atoms with Gasteiger partial charge < -0.3 is 0 Å². The molecule has 1 N–H and O–H groups in total. The van der Waals surface area contributed by atoms with Crippen LogP contribution in [0, 0.1) is 5.41 Å². The number of oxime groups is 1. The van der Waals surface area contributed by atoms with Gasteiger partial charge in [0.2, 0.25) is 0 Å². The van der Waals surface area contributed by atoms with Gasteiger partial charge in [-0.25, -0.2) is 4.89 Å². The van der Waals surface area contributed by atoms with Crippen LogP contribution in [0.1, 0.15) is 120 Å². The Morgan fingerprint density at radius 1 is 0.897 bits per heavy atom. The quantitative estimate of drug-likeness (QED) is 0.166. The summed E-state index contributed by atoms with van der Waals surface area (Å²) in [7, 11) is -4.71.